The summed E-state index contributed by atoms with van der Waals surface area (Å²) >= 11 is 0. The second-order valence-electron chi connectivity index (χ2n) is 4.08. The van der Waals surface area contributed by atoms with Gasteiger partial charge < -0.3 is 20.9 Å². The number of carbonyl (C=O) groups is 1. The van der Waals surface area contributed by atoms with Crippen molar-refractivity contribution in [2.75, 3.05) is 20.3 Å². The summed E-state index contributed by atoms with van der Waals surface area (Å²) in [5.74, 6) is -0.245. The third-order valence-corrected chi connectivity index (χ3v) is 2.58. The van der Waals surface area contributed by atoms with Crippen molar-refractivity contribution in [2.24, 2.45) is 5.73 Å². The molecule has 0 aliphatic rings. The highest BCUT2D eigenvalue weighted by Crippen LogP contribution is 2.09. The zero-order valence-corrected chi connectivity index (χ0v) is 10.5. The van der Waals surface area contributed by atoms with Crippen molar-refractivity contribution >= 4 is 5.91 Å². The molecular weight excluding hydrogens is 232 g/mol. The Balaban J connectivity index is 2.33. The van der Waals surface area contributed by atoms with Gasteiger partial charge in [-0.25, -0.2) is 0 Å². The van der Waals surface area contributed by atoms with E-state index in [2.05, 4.69) is 5.32 Å². The molecule has 1 aromatic rings. The van der Waals surface area contributed by atoms with E-state index in [-0.39, 0.29) is 12.5 Å². The molecule has 18 heavy (non-hydrogen) atoms. The minimum absolute atomic E-state index is 0.245. The van der Waals surface area contributed by atoms with Gasteiger partial charge in [-0.2, -0.15) is 0 Å². The van der Waals surface area contributed by atoms with Gasteiger partial charge in [0.25, 0.3) is 0 Å². The van der Waals surface area contributed by atoms with Crippen LogP contribution in [0.2, 0.25) is 0 Å². The smallest absolute Gasteiger partial charge is 0.241 e. The summed E-state index contributed by atoms with van der Waals surface area (Å²) in [5, 5.41) is 12.1. The molecule has 100 valence electrons. The lowest BCUT2D eigenvalue weighted by molar-refractivity contribution is -0.122. The molecule has 0 saturated heterocycles. The largest absolute Gasteiger partial charge is 0.391 e. The molecule has 0 aliphatic carbocycles. The maximum atomic E-state index is 11.7. The molecule has 0 spiro atoms. The minimum Gasteiger partial charge on any atom is -0.391 e. The first-order valence-corrected chi connectivity index (χ1v) is 5.90. The Kier molecular flexibility index (Phi) is 6.35. The fourth-order valence-corrected chi connectivity index (χ4v) is 1.56. The van der Waals surface area contributed by atoms with E-state index < -0.39 is 12.1 Å². The summed E-state index contributed by atoms with van der Waals surface area (Å²) in [6.45, 7) is 0.643. The van der Waals surface area contributed by atoms with Gasteiger partial charge in [-0.05, 0) is 12.0 Å². The molecule has 5 nitrogen and oxygen atoms in total. The van der Waals surface area contributed by atoms with Crippen molar-refractivity contribution in [3.8, 4) is 0 Å². The Morgan fingerprint density at radius 3 is 2.72 bits per heavy atom. The summed E-state index contributed by atoms with van der Waals surface area (Å²) in [6.07, 6.45) is -0.121. The van der Waals surface area contributed by atoms with Gasteiger partial charge in [0.1, 0.15) is 6.04 Å². The van der Waals surface area contributed by atoms with Crippen LogP contribution in [0.1, 0.15) is 18.0 Å². The van der Waals surface area contributed by atoms with Gasteiger partial charge in [-0.15, -0.1) is 0 Å². The SMILES string of the molecule is COCC(O)CCNC(=O)[C@@H](N)c1ccccc1. The van der Waals surface area contributed by atoms with Crippen molar-refractivity contribution in [3.63, 3.8) is 0 Å². The fourth-order valence-electron chi connectivity index (χ4n) is 1.56. The molecule has 4 N–H and O–H groups in total. The van der Waals surface area contributed by atoms with E-state index in [0.717, 1.165) is 5.56 Å². The predicted octanol–water partition coefficient (Wildman–Crippen LogP) is 0.200. The molecule has 0 heterocycles. The first kappa shape index (κ1) is 14.6. The Bertz CT molecular complexity index is 357. The average Bonchev–Trinajstić information content (AvgIpc) is 2.39. The van der Waals surface area contributed by atoms with Crippen LogP contribution in [-0.2, 0) is 9.53 Å². The highest BCUT2D eigenvalue weighted by molar-refractivity contribution is 5.82. The van der Waals surface area contributed by atoms with Crippen LogP contribution in [0, 0.1) is 0 Å². The lowest BCUT2D eigenvalue weighted by Gasteiger charge is -2.14. The molecule has 1 aromatic carbocycles. The molecule has 1 amide bonds. The number of nitrogens with one attached hydrogen (secondary N) is 1. The van der Waals surface area contributed by atoms with Crippen LogP contribution in [0.25, 0.3) is 0 Å². The Labute approximate surface area is 107 Å². The average molecular weight is 252 g/mol. The summed E-state index contributed by atoms with van der Waals surface area (Å²) < 4.78 is 4.79. The van der Waals surface area contributed by atoms with Gasteiger partial charge >= 0.3 is 0 Å². The summed E-state index contributed by atoms with van der Waals surface area (Å²) in [6, 6.07) is 8.49. The van der Waals surface area contributed by atoms with E-state index in [4.69, 9.17) is 10.5 Å². The van der Waals surface area contributed by atoms with Crippen LogP contribution in [-0.4, -0.2) is 37.4 Å². The standard InChI is InChI=1S/C13H20N2O3/c1-18-9-11(16)7-8-15-13(17)12(14)10-5-3-2-4-6-10/h2-6,11-12,16H,7-9,14H2,1H3,(H,15,17)/t11?,12-/m0/s1. The second kappa shape index (κ2) is 7.81. The summed E-state index contributed by atoms with van der Waals surface area (Å²) in [5.41, 5.74) is 6.59. The zero-order chi connectivity index (χ0) is 13.4. The number of hydrogen-bond acceptors (Lipinski definition) is 4. The number of nitrogens with two attached hydrogens (primary N) is 1. The summed E-state index contributed by atoms with van der Waals surface area (Å²) in [7, 11) is 1.52. The highest BCUT2D eigenvalue weighted by atomic mass is 16.5. The van der Waals surface area contributed by atoms with Gasteiger partial charge in [0, 0.05) is 13.7 Å². The molecule has 0 aromatic heterocycles. The van der Waals surface area contributed by atoms with Crippen molar-refractivity contribution in [3.05, 3.63) is 35.9 Å². The monoisotopic (exact) mass is 252 g/mol. The third kappa shape index (κ3) is 4.83. The van der Waals surface area contributed by atoms with E-state index >= 15 is 0 Å². The van der Waals surface area contributed by atoms with Crippen LogP contribution in [0.4, 0.5) is 0 Å². The van der Waals surface area contributed by atoms with E-state index in [0.29, 0.717) is 13.0 Å². The van der Waals surface area contributed by atoms with Crippen molar-refractivity contribution in [1.29, 1.82) is 0 Å². The van der Waals surface area contributed by atoms with Crippen LogP contribution in [0.3, 0.4) is 0 Å². The number of amides is 1. The van der Waals surface area contributed by atoms with Crippen LogP contribution < -0.4 is 11.1 Å². The van der Waals surface area contributed by atoms with Crippen molar-refractivity contribution < 1.29 is 14.6 Å². The molecule has 5 heteroatoms. The van der Waals surface area contributed by atoms with Gasteiger partial charge in [-0.3, -0.25) is 4.79 Å². The lowest BCUT2D eigenvalue weighted by atomic mass is 10.1. The quantitative estimate of drug-likeness (QED) is 0.647. The van der Waals surface area contributed by atoms with Gasteiger partial charge in [0.05, 0.1) is 12.7 Å². The number of aliphatic hydroxyl groups excluding tert-OH is 1. The van der Waals surface area contributed by atoms with Gasteiger partial charge in [-0.1, -0.05) is 30.3 Å². The molecule has 0 fully saturated rings. The number of methoxy groups -OCH3 is 1. The fraction of sp³-hybridized carbons (Fsp3) is 0.462. The van der Waals surface area contributed by atoms with Crippen molar-refractivity contribution in [2.45, 2.75) is 18.6 Å². The van der Waals surface area contributed by atoms with Crippen molar-refractivity contribution in [1.82, 2.24) is 5.32 Å². The number of benzene rings is 1. The Hall–Kier alpha value is -1.43. The lowest BCUT2D eigenvalue weighted by Crippen LogP contribution is -2.36. The molecule has 0 radical (unpaired) electrons. The molecule has 0 bridgehead atoms. The van der Waals surface area contributed by atoms with Gasteiger partial charge in [0.2, 0.25) is 5.91 Å². The maximum absolute atomic E-state index is 11.7. The molecular formula is C13H20N2O3. The molecule has 0 saturated carbocycles. The maximum Gasteiger partial charge on any atom is 0.241 e. The number of hydrogen-bond donors (Lipinski definition) is 3. The minimum atomic E-state index is -0.675. The van der Waals surface area contributed by atoms with E-state index in [9.17, 15) is 9.90 Å². The second-order valence-corrected chi connectivity index (χ2v) is 4.08. The molecule has 1 rings (SSSR count). The number of rotatable bonds is 7. The number of ether oxygens (including phenoxy) is 1. The topological polar surface area (TPSA) is 84.6 Å². The highest BCUT2D eigenvalue weighted by Gasteiger charge is 2.15. The normalized spacial score (nSPS) is 13.9. The van der Waals surface area contributed by atoms with Gasteiger partial charge in [0.15, 0.2) is 0 Å². The first-order valence-electron chi connectivity index (χ1n) is 5.90. The third-order valence-electron chi connectivity index (χ3n) is 2.58. The van der Waals surface area contributed by atoms with E-state index in [1.165, 1.54) is 7.11 Å². The summed E-state index contributed by atoms with van der Waals surface area (Å²) in [4.78, 5) is 11.7. The number of aliphatic hydroxyl groups is 1. The Morgan fingerprint density at radius 2 is 2.11 bits per heavy atom. The zero-order valence-electron chi connectivity index (χ0n) is 10.5. The predicted molar refractivity (Wildman–Crippen MR) is 68.9 cm³/mol. The first-order chi connectivity index (χ1) is 8.65. The van der Waals surface area contributed by atoms with Crippen LogP contribution >= 0.6 is 0 Å². The van der Waals surface area contributed by atoms with E-state index in [1.807, 2.05) is 30.3 Å². The molecule has 0 aliphatic heterocycles. The number of carbonyl (C=O) groups excluding carboxylic acids is 1. The van der Waals surface area contributed by atoms with Crippen LogP contribution in [0.15, 0.2) is 30.3 Å². The molecule has 1 unspecified atom stereocenters. The Morgan fingerprint density at radius 1 is 1.44 bits per heavy atom. The van der Waals surface area contributed by atoms with E-state index in [1.54, 1.807) is 0 Å². The van der Waals surface area contributed by atoms with Crippen LogP contribution in [0.5, 0.6) is 0 Å². The molecule has 2 atom stereocenters.